The number of likely N-dealkylation sites (N-methyl/N-ethyl adjacent to an activating group) is 1. The van der Waals surface area contributed by atoms with Crippen LogP contribution in [-0.2, 0) is 13.1 Å². The summed E-state index contributed by atoms with van der Waals surface area (Å²) >= 11 is 1.71. The maximum Gasteiger partial charge on any atom is 0.191 e. The van der Waals surface area contributed by atoms with Crippen molar-refractivity contribution in [3.8, 4) is 0 Å². The van der Waals surface area contributed by atoms with Crippen LogP contribution in [0.5, 0.6) is 0 Å². The minimum atomic E-state index is 0.730. The molecule has 3 heterocycles. The minimum Gasteiger partial charge on any atom is -0.354 e. The number of hydrogen-bond donors (Lipinski definition) is 2. The molecule has 2 N–H and O–H groups in total. The lowest BCUT2D eigenvalue weighted by Crippen LogP contribution is -2.46. The second kappa shape index (κ2) is 9.54. The van der Waals surface area contributed by atoms with E-state index in [1.54, 1.807) is 18.4 Å². The van der Waals surface area contributed by atoms with Gasteiger partial charge in [0.15, 0.2) is 5.96 Å². The van der Waals surface area contributed by atoms with Gasteiger partial charge in [-0.25, -0.2) is 4.98 Å². The van der Waals surface area contributed by atoms with Crippen LogP contribution in [0.3, 0.4) is 0 Å². The maximum absolute atomic E-state index is 4.57. The Morgan fingerprint density at radius 1 is 1.15 bits per heavy atom. The number of aromatic nitrogens is 1. The Balaban J connectivity index is 1.51. The number of aliphatic imine (C=N–C) groups is 1. The summed E-state index contributed by atoms with van der Waals surface area (Å²) in [6, 6.07) is 6.37. The Morgan fingerprint density at radius 3 is 2.58 bits per heavy atom. The lowest BCUT2D eigenvalue weighted by Gasteiger charge is -2.34. The average Bonchev–Trinajstić information content (AvgIpc) is 3.22. The summed E-state index contributed by atoms with van der Waals surface area (Å²) in [4.78, 5) is 13.7. The molecule has 7 heteroatoms. The largest absolute Gasteiger partial charge is 0.354 e. The van der Waals surface area contributed by atoms with Crippen molar-refractivity contribution in [1.29, 1.82) is 0 Å². The molecule has 1 fully saturated rings. The molecule has 140 valence electrons. The normalized spacial score (nSPS) is 15.9. The van der Waals surface area contributed by atoms with E-state index in [0.29, 0.717) is 0 Å². The third-order valence-electron chi connectivity index (χ3n) is 4.68. The molecule has 2 aromatic rings. The van der Waals surface area contributed by atoms with Gasteiger partial charge in [-0.2, -0.15) is 11.3 Å². The number of thiophene rings is 1. The van der Waals surface area contributed by atoms with Crippen LogP contribution in [0.2, 0.25) is 0 Å². The molecular formula is C19H28N6S. The van der Waals surface area contributed by atoms with E-state index in [-0.39, 0.29) is 0 Å². The smallest absolute Gasteiger partial charge is 0.191 e. The van der Waals surface area contributed by atoms with Crippen molar-refractivity contribution < 1.29 is 0 Å². The highest BCUT2D eigenvalue weighted by molar-refractivity contribution is 7.07. The summed E-state index contributed by atoms with van der Waals surface area (Å²) < 4.78 is 0. The molecule has 1 aliphatic heterocycles. The van der Waals surface area contributed by atoms with Crippen LogP contribution in [-0.4, -0.2) is 55.6 Å². The first kappa shape index (κ1) is 18.7. The van der Waals surface area contributed by atoms with Crippen LogP contribution in [0.4, 0.5) is 5.82 Å². The Morgan fingerprint density at radius 2 is 1.92 bits per heavy atom. The highest BCUT2D eigenvalue weighted by atomic mass is 32.1. The monoisotopic (exact) mass is 372 g/mol. The van der Waals surface area contributed by atoms with E-state index in [2.05, 4.69) is 66.3 Å². The first-order valence-corrected chi connectivity index (χ1v) is 10.1. The first-order valence-electron chi connectivity index (χ1n) is 9.16. The van der Waals surface area contributed by atoms with Crippen LogP contribution in [0.25, 0.3) is 0 Å². The number of nitrogens with one attached hydrogen (secondary N) is 2. The molecule has 0 radical (unpaired) electrons. The van der Waals surface area contributed by atoms with Gasteiger partial charge in [0.05, 0.1) is 0 Å². The van der Waals surface area contributed by atoms with Crippen LogP contribution in [0.1, 0.15) is 18.1 Å². The first-order chi connectivity index (χ1) is 12.8. The second-order valence-corrected chi connectivity index (χ2v) is 7.13. The SMILES string of the molecule is CCN1CCN(c2cc(CNC(=NC)NCc3ccsc3)ccn2)CC1. The summed E-state index contributed by atoms with van der Waals surface area (Å²) in [5.74, 6) is 1.88. The molecule has 0 spiro atoms. The predicted octanol–water partition coefficient (Wildman–Crippen LogP) is 2.15. The molecule has 0 saturated carbocycles. The van der Waals surface area contributed by atoms with E-state index in [1.165, 1.54) is 11.1 Å². The standard InChI is InChI=1S/C19H28N6S/c1-3-24-7-9-25(10-8-24)18-12-16(4-6-21-18)13-22-19(20-2)23-14-17-5-11-26-15-17/h4-6,11-12,15H,3,7-10,13-14H2,1-2H3,(H2,20,22,23). The Labute approximate surface area is 160 Å². The van der Waals surface area contributed by atoms with E-state index in [4.69, 9.17) is 0 Å². The van der Waals surface area contributed by atoms with E-state index in [1.807, 2.05) is 6.20 Å². The maximum atomic E-state index is 4.57. The van der Waals surface area contributed by atoms with Gasteiger partial charge in [0.2, 0.25) is 0 Å². The van der Waals surface area contributed by atoms with Gasteiger partial charge in [-0.1, -0.05) is 6.92 Å². The molecule has 2 aromatic heterocycles. The van der Waals surface area contributed by atoms with Crippen LogP contribution < -0.4 is 15.5 Å². The number of hydrogen-bond acceptors (Lipinski definition) is 5. The van der Waals surface area contributed by atoms with Crippen molar-refractivity contribution in [2.24, 2.45) is 4.99 Å². The fraction of sp³-hybridized carbons (Fsp3) is 0.474. The topological polar surface area (TPSA) is 55.8 Å². The molecule has 1 aliphatic rings. The van der Waals surface area contributed by atoms with E-state index in [9.17, 15) is 0 Å². The lowest BCUT2D eigenvalue weighted by molar-refractivity contribution is 0.270. The summed E-state index contributed by atoms with van der Waals surface area (Å²) in [6.45, 7) is 9.17. The van der Waals surface area contributed by atoms with Gasteiger partial charge < -0.3 is 20.4 Å². The average molecular weight is 373 g/mol. The lowest BCUT2D eigenvalue weighted by atomic mass is 10.2. The number of pyridine rings is 1. The Hall–Kier alpha value is -2.12. The molecule has 0 unspecified atom stereocenters. The molecule has 3 rings (SSSR count). The molecule has 6 nitrogen and oxygen atoms in total. The van der Waals surface area contributed by atoms with E-state index >= 15 is 0 Å². The van der Waals surface area contributed by atoms with Crippen LogP contribution in [0.15, 0.2) is 40.1 Å². The van der Waals surface area contributed by atoms with Crippen molar-refractivity contribution in [2.75, 3.05) is 44.7 Å². The van der Waals surface area contributed by atoms with Gasteiger partial charge in [0.25, 0.3) is 0 Å². The van der Waals surface area contributed by atoms with Gasteiger partial charge in [-0.3, -0.25) is 4.99 Å². The second-order valence-electron chi connectivity index (χ2n) is 6.35. The number of anilines is 1. The van der Waals surface area contributed by atoms with Gasteiger partial charge in [0.1, 0.15) is 5.82 Å². The number of rotatable bonds is 6. The molecule has 26 heavy (non-hydrogen) atoms. The fourth-order valence-corrected chi connectivity index (χ4v) is 3.69. The minimum absolute atomic E-state index is 0.730. The Kier molecular flexibility index (Phi) is 6.85. The molecular weight excluding hydrogens is 344 g/mol. The van der Waals surface area contributed by atoms with Crippen molar-refractivity contribution in [3.05, 3.63) is 46.3 Å². The van der Waals surface area contributed by atoms with Crippen molar-refractivity contribution in [1.82, 2.24) is 20.5 Å². The van der Waals surface area contributed by atoms with Gasteiger partial charge >= 0.3 is 0 Å². The number of nitrogens with zero attached hydrogens (tertiary/aromatic N) is 4. The highest BCUT2D eigenvalue weighted by Gasteiger charge is 2.16. The zero-order valence-electron chi connectivity index (χ0n) is 15.6. The highest BCUT2D eigenvalue weighted by Crippen LogP contribution is 2.15. The summed E-state index contributed by atoms with van der Waals surface area (Å²) in [7, 11) is 1.80. The third-order valence-corrected chi connectivity index (χ3v) is 5.41. The number of piperazine rings is 1. The van der Waals surface area contributed by atoms with Crippen molar-refractivity contribution >= 4 is 23.1 Å². The molecule has 0 aliphatic carbocycles. The van der Waals surface area contributed by atoms with Crippen LogP contribution >= 0.6 is 11.3 Å². The zero-order valence-corrected chi connectivity index (χ0v) is 16.4. The molecule has 1 saturated heterocycles. The number of guanidine groups is 1. The van der Waals surface area contributed by atoms with E-state index < -0.39 is 0 Å². The molecule has 0 amide bonds. The quantitative estimate of drug-likeness (QED) is 0.601. The summed E-state index contributed by atoms with van der Waals surface area (Å²) in [5.41, 5.74) is 2.49. The van der Waals surface area contributed by atoms with Crippen LogP contribution in [0, 0.1) is 0 Å². The van der Waals surface area contributed by atoms with Gasteiger partial charge in [-0.15, -0.1) is 0 Å². The molecule has 0 bridgehead atoms. The summed E-state index contributed by atoms with van der Waals surface area (Å²) in [6.07, 6.45) is 1.90. The summed E-state index contributed by atoms with van der Waals surface area (Å²) in [5, 5.41) is 11.0. The Bertz CT molecular complexity index is 692. The molecule has 0 aromatic carbocycles. The van der Waals surface area contributed by atoms with Gasteiger partial charge in [0, 0.05) is 52.5 Å². The third kappa shape index (κ3) is 5.19. The zero-order chi connectivity index (χ0) is 18.2. The van der Waals surface area contributed by atoms with Crippen molar-refractivity contribution in [3.63, 3.8) is 0 Å². The molecule has 0 atom stereocenters. The van der Waals surface area contributed by atoms with Crippen molar-refractivity contribution in [2.45, 2.75) is 20.0 Å². The predicted molar refractivity (Wildman–Crippen MR) is 110 cm³/mol. The fourth-order valence-electron chi connectivity index (χ4n) is 3.02. The van der Waals surface area contributed by atoms with E-state index in [0.717, 1.165) is 57.6 Å². The van der Waals surface area contributed by atoms with Gasteiger partial charge in [-0.05, 0) is 46.6 Å².